The maximum absolute atomic E-state index is 12.6. The molecule has 0 spiro atoms. The summed E-state index contributed by atoms with van der Waals surface area (Å²) >= 11 is 0. The Morgan fingerprint density at radius 1 is 1.00 bits per heavy atom. The zero-order chi connectivity index (χ0) is 20.0. The molecule has 0 aromatic heterocycles. The fourth-order valence-corrected chi connectivity index (χ4v) is 3.45. The third-order valence-electron chi connectivity index (χ3n) is 4.46. The second-order valence-electron chi connectivity index (χ2n) is 7.49. The van der Waals surface area contributed by atoms with Crippen LogP contribution >= 0.6 is 0 Å². The van der Waals surface area contributed by atoms with Crippen molar-refractivity contribution in [3.05, 3.63) is 36.4 Å². The molecule has 0 heterocycles. The third kappa shape index (κ3) is 4.15. The van der Waals surface area contributed by atoms with Crippen LogP contribution < -0.4 is 8.61 Å². The first-order chi connectivity index (χ1) is 11.6. The van der Waals surface area contributed by atoms with Crippen LogP contribution in [0, 0.1) is 0 Å². The SMILES string of the molecule is CC(C)(C)[Si](C)(C)Oc1cc(OS(=O)(=O)C(F)(F)F)cc2ccccc12. The molecule has 0 amide bonds. The van der Waals surface area contributed by atoms with E-state index in [4.69, 9.17) is 4.43 Å². The number of hydrogen-bond acceptors (Lipinski definition) is 4. The fourth-order valence-electron chi connectivity index (χ4n) is 1.98. The normalized spacial score (nSPS) is 13.7. The Hall–Kier alpha value is -1.74. The maximum atomic E-state index is 12.6. The highest BCUT2D eigenvalue weighted by atomic mass is 32.2. The molecule has 0 saturated heterocycles. The van der Waals surface area contributed by atoms with Crippen LogP contribution in [0.3, 0.4) is 0 Å². The Morgan fingerprint density at radius 2 is 1.58 bits per heavy atom. The summed E-state index contributed by atoms with van der Waals surface area (Å²) in [5.41, 5.74) is -5.50. The molecule has 0 aliphatic rings. The first-order valence-corrected chi connectivity index (χ1v) is 12.2. The molecule has 0 aliphatic heterocycles. The molecule has 0 fully saturated rings. The molecule has 0 atom stereocenters. The van der Waals surface area contributed by atoms with Gasteiger partial charge in [-0.15, -0.1) is 0 Å². The molecule has 0 unspecified atom stereocenters. The van der Waals surface area contributed by atoms with Crippen LogP contribution in [0.4, 0.5) is 13.2 Å². The van der Waals surface area contributed by atoms with E-state index < -0.39 is 29.7 Å². The van der Waals surface area contributed by atoms with E-state index in [1.54, 1.807) is 24.3 Å². The van der Waals surface area contributed by atoms with Crippen molar-refractivity contribution < 1.29 is 30.2 Å². The lowest BCUT2D eigenvalue weighted by Crippen LogP contribution is -2.43. The van der Waals surface area contributed by atoms with Crippen molar-refractivity contribution in [2.75, 3.05) is 0 Å². The smallest absolute Gasteiger partial charge is 0.534 e. The van der Waals surface area contributed by atoms with Gasteiger partial charge in [-0.25, -0.2) is 0 Å². The van der Waals surface area contributed by atoms with Crippen LogP contribution in [0.25, 0.3) is 10.8 Å². The van der Waals surface area contributed by atoms with Gasteiger partial charge in [-0.05, 0) is 29.6 Å². The standard InChI is InChI=1S/C17H21F3O4SSi/c1-16(2,3)26(4,5)24-15-11-13(23-25(21,22)17(18,19)20)10-12-8-6-7-9-14(12)15/h6-11H,1-5H3. The number of fused-ring (bicyclic) bond motifs is 1. The van der Waals surface area contributed by atoms with E-state index in [9.17, 15) is 21.6 Å². The van der Waals surface area contributed by atoms with Gasteiger partial charge in [0.1, 0.15) is 11.5 Å². The minimum Gasteiger partial charge on any atom is -0.543 e. The quantitative estimate of drug-likeness (QED) is 0.385. The Kier molecular flexibility index (Phi) is 5.10. The van der Waals surface area contributed by atoms with Crippen molar-refractivity contribution in [2.24, 2.45) is 0 Å². The molecule has 2 rings (SSSR count). The molecule has 144 valence electrons. The van der Waals surface area contributed by atoms with Crippen molar-refractivity contribution in [2.45, 2.75) is 44.4 Å². The molecule has 4 nitrogen and oxygen atoms in total. The highest BCUT2D eigenvalue weighted by molar-refractivity contribution is 7.88. The highest BCUT2D eigenvalue weighted by Gasteiger charge is 2.48. The van der Waals surface area contributed by atoms with Crippen LogP contribution in [0.15, 0.2) is 36.4 Å². The monoisotopic (exact) mass is 406 g/mol. The summed E-state index contributed by atoms with van der Waals surface area (Å²) in [6, 6.07) is 9.33. The first kappa shape index (κ1) is 20.6. The van der Waals surface area contributed by atoms with Gasteiger partial charge in [-0.2, -0.15) is 21.6 Å². The van der Waals surface area contributed by atoms with Gasteiger partial charge in [-0.3, -0.25) is 0 Å². The zero-order valence-corrected chi connectivity index (χ0v) is 17.0. The predicted octanol–water partition coefficient (Wildman–Crippen LogP) is 5.45. The summed E-state index contributed by atoms with van der Waals surface area (Å²) in [7, 11) is -8.06. The van der Waals surface area contributed by atoms with E-state index in [0.717, 1.165) is 0 Å². The van der Waals surface area contributed by atoms with Gasteiger partial charge in [0, 0.05) is 11.5 Å². The summed E-state index contributed by atoms with van der Waals surface area (Å²) < 4.78 is 71.0. The van der Waals surface area contributed by atoms with Gasteiger partial charge in [0.15, 0.2) is 0 Å². The van der Waals surface area contributed by atoms with Gasteiger partial charge < -0.3 is 8.61 Å². The molecule has 0 radical (unpaired) electrons. The van der Waals surface area contributed by atoms with Crippen molar-refractivity contribution in [1.29, 1.82) is 0 Å². The minimum atomic E-state index is -5.75. The maximum Gasteiger partial charge on any atom is 0.534 e. The largest absolute Gasteiger partial charge is 0.543 e. The van der Waals surface area contributed by atoms with Crippen LogP contribution in [0.2, 0.25) is 18.1 Å². The summed E-state index contributed by atoms with van der Waals surface area (Å²) in [4.78, 5) is 0. The number of rotatable bonds is 4. The summed E-state index contributed by atoms with van der Waals surface area (Å²) in [5.74, 6) is -0.128. The molecule has 2 aromatic carbocycles. The Morgan fingerprint density at radius 3 is 2.12 bits per heavy atom. The average molecular weight is 406 g/mol. The summed E-state index contributed by atoms with van der Waals surface area (Å²) in [6.45, 7) is 10.0. The summed E-state index contributed by atoms with van der Waals surface area (Å²) in [5, 5.41) is 1.05. The molecule has 2 aromatic rings. The Labute approximate surface area is 152 Å². The van der Waals surface area contributed by atoms with Gasteiger partial charge in [0.25, 0.3) is 8.32 Å². The van der Waals surface area contributed by atoms with Crippen LogP contribution in [-0.2, 0) is 10.1 Å². The van der Waals surface area contributed by atoms with Crippen molar-refractivity contribution in [1.82, 2.24) is 0 Å². The predicted molar refractivity (Wildman–Crippen MR) is 97.4 cm³/mol. The highest BCUT2D eigenvalue weighted by Crippen LogP contribution is 2.41. The lowest BCUT2D eigenvalue weighted by Gasteiger charge is -2.36. The molecule has 9 heteroatoms. The topological polar surface area (TPSA) is 52.6 Å². The first-order valence-electron chi connectivity index (χ1n) is 7.87. The molecule has 26 heavy (non-hydrogen) atoms. The fraction of sp³-hybridized carbons (Fsp3) is 0.412. The Balaban J connectivity index is 2.57. The number of alkyl halides is 3. The van der Waals surface area contributed by atoms with Gasteiger partial charge in [-0.1, -0.05) is 45.0 Å². The van der Waals surface area contributed by atoms with Gasteiger partial charge in [0.05, 0.1) is 0 Å². The van der Waals surface area contributed by atoms with Crippen LogP contribution in [-0.4, -0.2) is 22.2 Å². The second kappa shape index (κ2) is 6.45. The molecule has 0 bridgehead atoms. The van der Waals surface area contributed by atoms with E-state index in [1.807, 2.05) is 33.9 Å². The molecular weight excluding hydrogens is 385 g/mol. The van der Waals surface area contributed by atoms with Crippen molar-refractivity contribution in [3.8, 4) is 11.5 Å². The van der Waals surface area contributed by atoms with E-state index in [-0.39, 0.29) is 5.04 Å². The zero-order valence-electron chi connectivity index (χ0n) is 15.1. The van der Waals surface area contributed by atoms with E-state index >= 15 is 0 Å². The van der Waals surface area contributed by atoms with Gasteiger partial charge in [0.2, 0.25) is 0 Å². The van der Waals surface area contributed by atoms with E-state index in [0.29, 0.717) is 16.5 Å². The van der Waals surface area contributed by atoms with Gasteiger partial charge >= 0.3 is 15.6 Å². The average Bonchev–Trinajstić information content (AvgIpc) is 2.44. The summed E-state index contributed by atoms with van der Waals surface area (Å²) in [6.07, 6.45) is 0. The Bertz CT molecular complexity index is 916. The molecule has 0 saturated carbocycles. The lowest BCUT2D eigenvalue weighted by atomic mass is 10.1. The number of benzene rings is 2. The third-order valence-corrected chi connectivity index (χ3v) is 9.78. The van der Waals surface area contributed by atoms with Crippen molar-refractivity contribution in [3.63, 3.8) is 0 Å². The van der Waals surface area contributed by atoms with Crippen LogP contribution in [0.1, 0.15) is 20.8 Å². The number of hydrogen-bond donors (Lipinski definition) is 0. The van der Waals surface area contributed by atoms with Crippen molar-refractivity contribution >= 4 is 29.2 Å². The molecular formula is C17H21F3O4SSi. The second-order valence-corrected chi connectivity index (χ2v) is 13.8. The van der Waals surface area contributed by atoms with E-state index in [2.05, 4.69) is 4.18 Å². The lowest BCUT2D eigenvalue weighted by molar-refractivity contribution is -0.0500. The molecule has 0 N–H and O–H groups in total. The van der Waals surface area contributed by atoms with Crippen LogP contribution in [0.5, 0.6) is 11.5 Å². The van der Waals surface area contributed by atoms with E-state index in [1.165, 1.54) is 12.1 Å². The molecule has 0 aliphatic carbocycles. The minimum absolute atomic E-state index is 0.150. The number of halogens is 3.